The van der Waals surface area contributed by atoms with Gasteiger partial charge in [-0.15, -0.1) is 0 Å². The van der Waals surface area contributed by atoms with Crippen LogP contribution in [-0.4, -0.2) is 23.7 Å². The lowest BCUT2D eigenvalue weighted by Gasteiger charge is -2.07. The van der Waals surface area contributed by atoms with Gasteiger partial charge in [-0.25, -0.2) is 0 Å². The molecule has 1 rings (SSSR count). The van der Waals surface area contributed by atoms with Gasteiger partial charge >= 0.3 is 5.97 Å². The summed E-state index contributed by atoms with van der Waals surface area (Å²) >= 11 is 0. The first-order valence-electron chi connectivity index (χ1n) is 4.62. The Labute approximate surface area is 92.1 Å². The summed E-state index contributed by atoms with van der Waals surface area (Å²) in [6.45, 7) is 0.167. The van der Waals surface area contributed by atoms with Crippen molar-refractivity contribution in [2.24, 2.45) is 5.11 Å². The summed E-state index contributed by atoms with van der Waals surface area (Å²) in [6.07, 6.45) is 0. The number of ether oxygens (including phenoxy) is 1. The summed E-state index contributed by atoms with van der Waals surface area (Å²) in [5, 5.41) is 11.8. The molecule has 0 aromatic heterocycles. The summed E-state index contributed by atoms with van der Waals surface area (Å²) in [5.41, 5.74) is 9.08. The molecule has 0 saturated carbocycles. The van der Waals surface area contributed by atoms with E-state index in [1.165, 1.54) is 0 Å². The summed E-state index contributed by atoms with van der Waals surface area (Å²) in [4.78, 5) is 13.0. The fourth-order valence-electron chi connectivity index (χ4n) is 1.08. The molecule has 0 saturated heterocycles. The van der Waals surface area contributed by atoms with Crippen molar-refractivity contribution in [2.75, 3.05) is 6.61 Å². The third-order valence-corrected chi connectivity index (χ3v) is 1.86. The van der Waals surface area contributed by atoms with Crippen molar-refractivity contribution in [3.8, 4) is 0 Å². The maximum atomic E-state index is 10.6. The first-order chi connectivity index (χ1) is 7.74. The van der Waals surface area contributed by atoms with Gasteiger partial charge in [0.1, 0.15) is 0 Å². The van der Waals surface area contributed by atoms with Gasteiger partial charge in [-0.1, -0.05) is 35.4 Å². The second-order valence-corrected chi connectivity index (χ2v) is 3.06. The maximum absolute atomic E-state index is 10.6. The van der Waals surface area contributed by atoms with E-state index in [4.69, 9.17) is 15.4 Å². The molecular weight excluding hydrogens is 210 g/mol. The molecule has 84 valence electrons. The Kier molecular flexibility index (Phi) is 4.85. The van der Waals surface area contributed by atoms with E-state index in [1.807, 2.05) is 30.3 Å². The third-order valence-electron chi connectivity index (χ3n) is 1.86. The highest BCUT2D eigenvalue weighted by atomic mass is 16.5. The second-order valence-electron chi connectivity index (χ2n) is 3.06. The number of benzene rings is 1. The molecule has 6 nitrogen and oxygen atoms in total. The molecule has 6 heteroatoms. The number of carboxylic acids is 1. The molecule has 0 aliphatic heterocycles. The number of aliphatic carboxylic acids is 1. The smallest absolute Gasteiger partial charge is 0.314 e. The van der Waals surface area contributed by atoms with Crippen LogP contribution < -0.4 is 0 Å². The topological polar surface area (TPSA) is 95.3 Å². The molecule has 0 aliphatic rings. The molecule has 0 heterocycles. The zero-order valence-electron chi connectivity index (χ0n) is 8.48. The molecule has 16 heavy (non-hydrogen) atoms. The molecular formula is C10H11N3O3. The lowest BCUT2D eigenvalue weighted by molar-refractivity contribution is -0.140. The van der Waals surface area contributed by atoms with Gasteiger partial charge in [-0.3, -0.25) is 4.79 Å². The summed E-state index contributed by atoms with van der Waals surface area (Å²) < 4.78 is 5.15. The van der Waals surface area contributed by atoms with Crippen LogP contribution in [0.4, 0.5) is 0 Å². The summed E-state index contributed by atoms with van der Waals surface area (Å²) in [6, 6.07) is 8.16. The van der Waals surface area contributed by atoms with Gasteiger partial charge in [0.15, 0.2) is 6.04 Å². The fraction of sp³-hybridized carbons (Fsp3) is 0.300. The van der Waals surface area contributed by atoms with Crippen LogP contribution in [0, 0.1) is 0 Å². The van der Waals surface area contributed by atoms with E-state index in [1.54, 1.807) is 0 Å². The van der Waals surface area contributed by atoms with Crippen molar-refractivity contribution in [2.45, 2.75) is 12.6 Å². The molecule has 1 aromatic rings. The van der Waals surface area contributed by atoms with E-state index in [9.17, 15) is 4.79 Å². The van der Waals surface area contributed by atoms with E-state index in [0.29, 0.717) is 6.61 Å². The first kappa shape index (κ1) is 12.0. The predicted octanol–water partition coefficient (Wildman–Crippen LogP) is 1.97. The molecule has 0 bridgehead atoms. The zero-order valence-corrected chi connectivity index (χ0v) is 8.48. The quantitative estimate of drug-likeness (QED) is 0.451. The molecule has 0 radical (unpaired) electrons. The van der Waals surface area contributed by atoms with E-state index in [0.717, 1.165) is 5.56 Å². The van der Waals surface area contributed by atoms with Crippen LogP contribution in [0.1, 0.15) is 5.56 Å². The number of azide groups is 1. The standard InChI is InChI=1S/C10H11N3O3/c11-13-12-9(10(14)15)7-16-6-8-4-2-1-3-5-8/h1-5,9H,6-7H2,(H,14,15)/t9-/m0/s1. The van der Waals surface area contributed by atoms with E-state index >= 15 is 0 Å². The van der Waals surface area contributed by atoms with Gasteiger partial charge in [0.2, 0.25) is 0 Å². The minimum absolute atomic E-state index is 0.131. The number of rotatable bonds is 6. The SMILES string of the molecule is [N-]=[N+]=N[C@@H](COCc1ccccc1)C(=O)O. The van der Waals surface area contributed by atoms with Crippen molar-refractivity contribution in [3.63, 3.8) is 0 Å². The number of hydrogen-bond acceptors (Lipinski definition) is 3. The van der Waals surface area contributed by atoms with Crippen molar-refractivity contribution in [1.82, 2.24) is 0 Å². The van der Waals surface area contributed by atoms with Crippen molar-refractivity contribution in [1.29, 1.82) is 0 Å². The largest absolute Gasteiger partial charge is 0.481 e. The summed E-state index contributed by atoms with van der Waals surface area (Å²) in [5.74, 6) is -1.19. The van der Waals surface area contributed by atoms with Crippen molar-refractivity contribution >= 4 is 5.97 Å². The Morgan fingerprint density at radius 3 is 2.75 bits per heavy atom. The Bertz CT molecular complexity index is 386. The number of hydrogen-bond donors (Lipinski definition) is 1. The molecule has 0 fully saturated rings. The Balaban J connectivity index is 2.39. The van der Waals surface area contributed by atoms with Crippen LogP contribution in [0.5, 0.6) is 0 Å². The lowest BCUT2D eigenvalue weighted by atomic mass is 10.2. The van der Waals surface area contributed by atoms with Crippen LogP contribution in [0.15, 0.2) is 35.4 Å². The molecule has 0 aliphatic carbocycles. The molecule has 0 unspecified atom stereocenters. The normalized spacial score (nSPS) is 11.5. The van der Waals surface area contributed by atoms with Crippen LogP contribution in [0.2, 0.25) is 0 Å². The highest BCUT2D eigenvalue weighted by molar-refractivity contribution is 5.73. The summed E-state index contributed by atoms with van der Waals surface area (Å²) in [7, 11) is 0. The van der Waals surface area contributed by atoms with Gasteiger partial charge in [0, 0.05) is 4.91 Å². The van der Waals surface area contributed by atoms with Crippen LogP contribution >= 0.6 is 0 Å². The lowest BCUT2D eigenvalue weighted by Crippen LogP contribution is -2.23. The number of carboxylic acid groups (broad SMARTS) is 1. The molecule has 1 aromatic carbocycles. The van der Waals surface area contributed by atoms with Gasteiger partial charge in [-0.2, -0.15) is 0 Å². The van der Waals surface area contributed by atoms with Gasteiger partial charge in [0.25, 0.3) is 0 Å². The van der Waals surface area contributed by atoms with Crippen molar-refractivity contribution in [3.05, 3.63) is 46.3 Å². The molecule has 1 atom stereocenters. The minimum atomic E-state index is -1.19. The highest BCUT2D eigenvalue weighted by Gasteiger charge is 2.15. The average molecular weight is 221 g/mol. The van der Waals surface area contributed by atoms with Gasteiger partial charge in [0.05, 0.1) is 13.2 Å². The number of carbonyl (C=O) groups is 1. The van der Waals surface area contributed by atoms with Gasteiger partial charge in [-0.05, 0) is 11.1 Å². The zero-order chi connectivity index (χ0) is 11.8. The first-order valence-corrected chi connectivity index (χ1v) is 4.62. The van der Waals surface area contributed by atoms with Crippen LogP contribution in [-0.2, 0) is 16.1 Å². The fourth-order valence-corrected chi connectivity index (χ4v) is 1.08. The molecule has 0 amide bonds. The minimum Gasteiger partial charge on any atom is -0.481 e. The van der Waals surface area contributed by atoms with Crippen LogP contribution in [0.3, 0.4) is 0 Å². The second kappa shape index (κ2) is 6.44. The highest BCUT2D eigenvalue weighted by Crippen LogP contribution is 2.02. The van der Waals surface area contributed by atoms with Crippen molar-refractivity contribution < 1.29 is 14.6 Å². The molecule has 1 N–H and O–H groups in total. The Morgan fingerprint density at radius 2 is 2.19 bits per heavy atom. The average Bonchev–Trinajstić information content (AvgIpc) is 2.29. The van der Waals surface area contributed by atoms with Crippen LogP contribution in [0.25, 0.3) is 10.4 Å². The van der Waals surface area contributed by atoms with Gasteiger partial charge < -0.3 is 9.84 Å². The Hall–Kier alpha value is -2.04. The van der Waals surface area contributed by atoms with E-state index in [2.05, 4.69) is 10.0 Å². The number of nitrogens with zero attached hydrogens (tertiary/aromatic N) is 3. The molecule has 0 spiro atoms. The van der Waals surface area contributed by atoms with E-state index in [-0.39, 0.29) is 6.61 Å². The van der Waals surface area contributed by atoms with E-state index < -0.39 is 12.0 Å². The maximum Gasteiger partial charge on any atom is 0.314 e. The predicted molar refractivity (Wildman–Crippen MR) is 56.7 cm³/mol. The Morgan fingerprint density at radius 1 is 1.50 bits per heavy atom. The third kappa shape index (κ3) is 4.00. The monoisotopic (exact) mass is 221 g/mol.